The van der Waals surface area contributed by atoms with E-state index in [2.05, 4.69) is 20.8 Å². The van der Waals surface area contributed by atoms with Crippen LogP contribution in [0.15, 0.2) is 0 Å². The van der Waals surface area contributed by atoms with E-state index in [-0.39, 0.29) is 17.1 Å². The Bertz CT molecular complexity index is 277. The van der Waals surface area contributed by atoms with E-state index in [1.165, 1.54) is 0 Å². The average Bonchev–Trinajstić information content (AvgIpc) is 2.61. The van der Waals surface area contributed by atoms with E-state index in [4.69, 9.17) is 4.74 Å². The van der Waals surface area contributed by atoms with Gasteiger partial charge in [-0.15, -0.1) is 0 Å². The maximum absolute atomic E-state index is 11.7. The molecule has 4 rings (SSSR count). The van der Waals surface area contributed by atoms with E-state index in [0.717, 1.165) is 6.42 Å². The normalized spacial score (nSPS) is 58.9. The number of hydrogen-bond donors (Lipinski definition) is 0. The second-order valence-electron chi connectivity index (χ2n) is 5.25. The van der Waals surface area contributed by atoms with E-state index in [1.54, 1.807) is 0 Å². The largest absolute Gasteiger partial charge is 0.358 e. The summed E-state index contributed by atoms with van der Waals surface area (Å²) >= 11 is 0. The zero-order valence-corrected chi connectivity index (χ0v) is 7.76. The minimum atomic E-state index is -0.0741. The molecule has 0 aromatic carbocycles. The molecule has 0 aromatic heterocycles. The molecule has 0 spiro atoms. The molecule has 66 valence electrons. The van der Waals surface area contributed by atoms with E-state index >= 15 is 0 Å². The van der Waals surface area contributed by atoms with Gasteiger partial charge in [-0.05, 0) is 24.7 Å². The second-order valence-corrected chi connectivity index (χ2v) is 5.25. The molecule has 0 N–H and O–H groups in total. The zero-order chi connectivity index (χ0) is 8.72. The van der Waals surface area contributed by atoms with E-state index in [9.17, 15) is 4.79 Å². The van der Waals surface area contributed by atoms with Crippen LogP contribution in [0.4, 0.5) is 0 Å². The summed E-state index contributed by atoms with van der Waals surface area (Å²) in [6.45, 7) is 6.50. The Kier molecular flexibility index (Phi) is 0.885. The van der Waals surface area contributed by atoms with Gasteiger partial charge < -0.3 is 4.74 Å². The Hall–Kier alpha value is -0.370. The molecular weight excluding hydrogens is 152 g/mol. The number of ether oxygens (including phenoxy) is 1. The molecule has 2 heteroatoms. The second kappa shape index (κ2) is 1.50. The van der Waals surface area contributed by atoms with Crippen molar-refractivity contribution in [1.82, 2.24) is 0 Å². The highest BCUT2D eigenvalue weighted by Crippen LogP contribution is 2.68. The van der Waals surface area contributed by atoms with Crippen LogP contribution >= 0.6 is 0 Å². The molecule has 4 fully saturated rings. The number of rotatable bonds is 0. The lowest BCUT2D eigenvalue weighted by molar-refractivity contribution is -0.147. The van der Waals surface area contributed by atoms with Gasteiger partial charge in [-0.1, -0.05) is 13.8 Å². The first kappa shape index (κ1) is 7.07. The summed E-state index contributed by atoms with van der Waals surface area (Å²) in [7, 11) is 0. The Labute approximate surface area is 72.3 Å². The van der Waals surface area contributed by atoms with Crippen LogP contribution in [0.25, 0.3) is 0 Å². The summed E-state index contributed by atoms with van der Waals surface area (Å²) in [5.41, 5.74) is 0.133. The van der Waals surface area contributed by atoms with E-state index in [0.29, 0.717) is 17.6 Å². The summed E-state index contributed by atoms with van der Waals surface area (Å²) in [5.74, 6) is 1.28. The lowest BCUT2D eigenvalue weighted by atomic mass is 9.45. The van der Waals surface area contributed by atoms with Gasteiger partial charge in [-0.3, -0.25) is 4.79 Å². The molecule has 2 nitrogen and oxygen atoms in total. The molecule has 0 aromatic rings. The predicted molar refractivity (Wildman–Crippen MR) is 43.7 cm³/mol. The molecule has 3 aliphatic carbocycles. The topological polar surface area (TPSA) is 29.6 Å². The van der Waals surface area contributed by atoms with Gasteiger partial charge in [0.25, 0.3) is 0 Å². The first-order chi connectivity index (χ1) is 5.48. The van der Waals surface area contributed by atoms with Crippen molar-refractivity contribution in [3.05, 3.63) is 0 Å². The summed E-state index contributed by atoms with van der Waals surface area (Å²) < 4.78 is 5.52. The Morgan fingerprint density at radius 3 is 2.58 bits per heavy atom. The third kappa shape index (κ3) is 0.481. The Morgan fingerprint density at radius 1 is 1.42 bits per heavy atom. The maximum atomic E-state index is 11.7. The van der Waals surface area contributed by atoms with Crippen molar-refractivity contribution >= 4 is 5.78 Å². The number of carbonyl (C=O) groups is 1. The molecule has 4 aliphatic rings. The van der Waals surface area contributed by atoms with E-state index in [1.807, 2.05) is 0 Å². The fourth-order valence-corrected chi connectivity index (χ4v) is 3.39. The lowest BCUT2D eigenvalue weighted by Gasteiger charge is -2.56. The first-order valence-electron chi connectivity index (χ1n) is 4.69. The molecule has 3 saturated carbocycles. The molecular formula is C10H14O2. The van der Waals surface area contributed by atoms with E-state index < -0.39 is 0 Å². The fourth-order valence-electron chi connectivity index (χ4n) is 3.39. The van der Waals surface area contributed by atoms with Gasteiger partial charge in [0.05, 0.1) is 0 Å². The summed E-state index contributed by atoms with van der Waals surface area (Å²) in [4.78, 5) is 11.7. The number of carbonyl (C=O) groups excluding carboxylic acids is 1. The number of ketones is 1. The quantitative estimate of drug-likeness (QED) is 0.509. The Balaban J connectivity index is 2.06. The highest BCUT2D eigenvalue weighted by Gasteiger charge is 2.76. The fraction of sp³-hybridized carbons (Fsp3) is 0.900. The van der Waals surface area contributed by atoms with Gasteiger partial charge in [-0.2, -0.15) is 0 Å². The zero-order valence-electron chi connectivity index (χ0n) is 7.76. The van der Waals surface area contributed by atoms with Crippen LogP contribution in [0.2, 0.25) is 0 Å². The number of Topliss-reactive ketones (excluding diaryl/α,β-unsaturated/α-hetero) is 1. The van der Waals surface area contributed by atoms with Crippen LogP contribution in [0.3, 0.4) is 0 Å². The molecule has 1 aliphatic heterocycles. The van der Waals surface area contributed by atoms with Crippen molar-refractivity contribution in [2.75, 3.05) is 0 Å². The third-order valence-corrected chi connectivity index (χ3v) is 4.40. The van der Waals surface area contributed by atoms with Gasteiger partial charge in [0.15, 0.2) is 5.78 Å². The molecule has 1 saturated heterocycles. The Morgan fingerprint density at radius 2 is 2.08 bits per heavy atom. The van der Waals surface area contributed by atoms with Crippen LogP contribution in [0.1, 0.15) is 27.2 Å². The van der Waals surface area contributed by atoms with Crippen molar-refractivity contribution in [3.63, 3.8) is 0 Å². The molecule has 1 heterocycles. The standard InChI is InChI=1S/C10H14O2/c1-9(2)5-4-6(9)10(3)8(12-10)7(5)11/h5-6,8H,4H2,1-3H3/t5-,6-,8?,10?/m0/s1. The van der Waals surface area contributed by atoms with Gasteiger partial charge in [0.2, 0.25) is 0 Å². The summed E-state index contributed by atoms with van der Waals surface area (Å²) in [6, 6.07) is 0. The monoisotopic (exact) mass is 166 g/mol. The number of hydrogen-bond acceptors (Lipinski definition) is 2. The minimum Gasteiger partial charge on any atom is -0.358 e. The third-order valence-electron chi connectivity index (χ3n) is 4.40. The lowest BCUT2D eigenvalue weighted by Crippen LogP contribution is -2.60. The SMILES string of the molecule is CC12OC1C(=O)[C@@H]1C[C@H]2C1(C)C. The molecule has 4 atom stereocenters. The van der Waals surface area contributed by atoms with Gasteiger partial charge in [0.1, 0.15) is 11.7 Å². The molecule has 0 amide bonds. The summed E-state index contributed by atoms with van der Waals surface area (Å²) in [5, 5.41) is 0. The molecule has 0 radical (unpaired) electrons. The smallest absolute Gasteiger partial charge is 0.168 e. The predicted octanol–water partition coefficient (Wildman–Crippen LogP) is 1.39. The van der Waals surface area contributed by atoms with Crippen LogP contribution in [-0.4, -0.2) is 17.5 Å². The highest BCUT2D eigenvalue weighted by molar-refractivity contribution is 5.93. The maximum Gasteiger partial charge on any atom is 0.168 e. The van der Waals surface area contributed by atoms with Gasteiger partial charge in [0, 0.05) is 5.92 Å². The first-order valence-corrected chi connectivity index (χ1v) is 4.69. The average molecular weight is 166 g/mol. The van der Waals surface area contributed by atoms with Crippen molar-refractivity contribution < 1.29 is 9.53 Å². The highest BCUT2D eigenvalue weighted by atomic mass is 16.6. The minimum absolute atomic E-state index is 0.0331. The molecule has 2 unspecified atom stereocenters. The van der Waals surface area contributed by atoms with Crippen LogP contribution < -0.4 is 0 Å². The van der Waals surface area contributed by atoms with Crippen LogP contribution in [0.5, 0.6) is 0 Å². The van der Waals surface area contributed by atoms with Gasteiger partial charge >= 0.3 is 0 Å². The number of epoxide rings is 1. The van der Waals surface area contributed by atoms with Crippen LogP contribution in [0, 0.1) is 17.3 Å². The van der Waals surface area contributed by atoms with Crippen LogP contribution in [-0.2, 0) is 9.53 Å². The van der Waals surface area contributed by atoms with Crippen molar-refractivity contribution in [1.29, 1.82) is 0 Å². The van der Waals surface area contributed by atoms with Crippen molar-refractivity contribution in [2.45, 2.75) is 38.9 Å². The van der Waals surface area contributed by atoms with Crippen molar-refractivity contribution in [3.8, 4) is 0 Å². The molecule has 12 heavy (non-hydrogen) atoms. The molecule has 2 bridgehead atoms. The summed E-state index contributed by atoms with van der Waals surface area (Å²) in [6.07, 6.45) is 1.04. The van der Waals surface area contributed by atoms with Gasteiger partial charge in [-0.25, -0.2) is 0 Å². The van der Waals surface area contributed by atoms with Crippen molar-refractivity contribution in [2.24, 2.45) is 17.3 Å².